The molecule has 1 aromatic carbocycles. The summed E-state index contributed by atoms with van der Waals surface area (Å²) in [5, 5.41) is 0. The van der Waals surface area contributed by atoms with Crippen molar-refractivity contribution in [1.82, 2.24) is 4.90 Å². The minimum Gasteiger partial charge on any atom is -0.497 e. The monoisotopic (exact) mass is 245 g/mol. The lowest BCUT2D eigenvalue weighted by Crippen LogP contribution is -2.69. The highest BCUT2D eigenvalue weighted by Gasteiger charge is 2.72. The lowest BCUT2D eigenvalue weighted by molar-refractivity contribution is -0.184. The van der Waals surface area contributed by atoms with Gasteiger partial charge in [-0.15, -0.1) is 0 Å². The molecule has 0 spiro atoms. The fourth-order valence-corrected chi connectivity index (χ4v) is 3.74. The van der Waals surface area contributed by atoms with Crippen LogP contribution in [-0.4, -0.2) is 32.0 Å². The molecule has 3 aliphatic carbocycles. The van der Waals surface area contributed by atoms with Crippen molar-refractivity contribution in [2.45, 2.75) is 24.7 Å². The number of carbonyl (C=O) groups is 1. The summed E-state index contributed by atoms with van der Waals surface area (Å²) < 4.78 is 5.18. The number of nitrogens with zero attached hydrogens (tertiary/aromatic N) is 1. The van der Waals surface area contributed by atoms with Crippen LogP contribution in [0.25, 0.3) is 0 Å². The first-order valence-corrected chi connectivity index (χ1v) is 6.38. The second-order valence-electron chi connectivity index (χ2n) is 6.02. The molecule has 3 aliphatic rings. The van der Waals surface area contributed by atoms with Gasteiger partial charge in [0, 0.05) is 14.1 Å². The van der Waals surface area contributed by atoms with Gasteiger partial charge in [-0.2, -0.15) is 0 Å². The first-order valence-electron chi connectivity index (χ1n) is 6.38. The van der Waals surface area contributed by atoms with Crippen LogP contribution in [0.15, 0.2) is 24.3 Å². The molecular weight excluding hydrogens is 226 g/mol. The third-order valence-electron chi connectivity index (χ3n) is 4.59. The summed E-state index contributed by atoms with van der Waals surface area (Å²) in [6.07, 6.45) is 3.05. The van der Waals surface area contributed by atoms with Gasteiger partial charge in [0.05, 0.1) is 12.5 Å². The van der Waals surface area contributed by atoms with Crippen molar-refractivity contribution >= 4 is 5.91 Å². The van der Waals surface area contributed by atoms with Gasteiger partial charge < -0.3 is 9.64 Å². The molecule has 0 heterocycles. The average molecular weight is 245 g/mol. The molecule has 0 unspecified atom stereocenters. The summed E-state index contributed by atoms with van der Waals surface area (Å²) in [4.78, 5) is 13.8. The Morgan fingerprint density at radius 1 is 1.17 bits per heavy atom. The Bertz CT molecular complexity index is 470. The van der Waals surface area contributed by atoms with E-state index in [9.17, 15) is 4.79 Å². The molecule has 3 heteroatoms. The second-order valence-corrected chi connectivity index (χ2v) is 6.02. The van der Waals surface area contributed by atoms with Crippen LogP contribution in [0, 0.1) is 5.41 Å². The van der Waals surface area contributed by atoms with Crippen molar-refractivity contribution in [3.05, 3.63) is 29.8 Å². The maximum atomic E-state index is 12.1. The summed E-state index contributed by atoms with van der Waals surface area (Å²) in [5.41, 5.74) is 1.60. The first-order chi connectivity index (χ1) is 8.51. The smallest absolute Gasteiger partial charge is 0.228 e. The van der Waals surface area contributed by atoms with Crippen LogP contribution in [0.3, 0.4) is 0 Å². The van der Waals surface area contributed by atoms with Crippen molar-refractivity contribution in [1.29, 1.82) is 0 Å². The van der Waals surface area contributed by atoms with Crippen LogP contribution < -0.4 is 4.74 Å². The van der Waals surface area contributed by atoms with Crippen LogP contribution in [0.1, 0.15) is 24.8 Å². The number of hydrogen-bond acceptors (Lipinski definition) is 2. The summed E-state index contributed by atoms with van der Waals surface area (Å²) in [6, 6.07) is 8.30. The van der Waals surface area contributed by atoms with E-state index in [0.717, 1.165) is 25.0 Å². The van der Waals surface area contributed by atoms with Gasteiger partial charge in [-0.1, -0.05) is 12.1 Å². The fourth-order valence-electron chi connectivity index (χ4n) is 3.74. The highest BCUT2D eigenvalue weighted by Crippen LogP contribution is 2.74. The van der Waals surface area contributed by atoms with Crippen LogP contribution in [0.5, 0.6) is 5.75 Å². The van der Waals surface area contributed by atoms with Crippen LogP contribution in [0.2, 0.25) is 0 Å². The molecule has 0 saturated heterocycles. The van der Waals surface area contributed by atoms with E-state index >= 15 is 0 Å². The molecule has 0 aliphatic heterocycles. The van der Waals surface area contributed by atoms with Gasteiger partial charge in [0.2, 0.25) is 5.91 Å². The van der Waals surface area contributed by atoms with E-state index in [-0.39, 0.29) is 10.8 Å². The molecule has 0 aromatic heterocycles. The number of ether oxygens (including phenoxy) is 1. The van der Waals surface area contributed by atoms with Gasteiger partial charge in [-0.25, -0.2) is 0 Å². The second kappa shape index (κ2) is 3.50. The molecule has 4 rings (SSSR count). The zero-order valence-corrected chi connectivity index (χ0v) is 11.2. The van der Waals surface area contributed by atoms with E-state index in [2.05, 4.69) is 12.1 Å². The van der Waals surface area contributed by atoms with Gasteiger partial charge in [0.25, 0.3) is 0 Å². The Kier molecular flexibility index (Phi) is 2.25. The maximum Gasteiger partial charge on any atom is 0.228 e. The van der Waals surface area contributed by atoms with Gasteiger partial charge in [0.1, 0.15) is 5.75 Å². The van der Waals surface area contributed by atoms with Gasteiger partial charge in [0.15, 0.2) is 0 Å². The van der Waals surface area contributed by atoms with Crippen molar-refractivity contribution in [2.75, 3.05) is 21.2 Å². The summed E-state index contributed by atoms with van der Waals surface area (Å²) in [7, 11) is 5.38. The fraction of sp³-hybridized carbons (Fsp3) is 0.533. The maximum absolute atomic E-state index is 12.1. The molecule has 0 N–H and O–H groups in total. The largest absolute Gasteiger partial charge is 0.497 e. The molecule has 0 radical (unpaired) electrons. The molecule has 3 fully saturated rings. The Morgan fingerprint density at radius 3 is 2.17 bits per heavy atom. The van der Waals surface area contributed by atoms with E-state index in [0.29, 0.717) is 5.91 Å². The number of methoxy groups -OCH3 is 1. The Hall–Kier alpha value is -1.51. The zero-order chi connectivity index (χ0) is 13.0. The van der Waals surface area contributed by atoms with Crippen molar-refractivity contribution < 1.29 is 9.53 Å². The number of rotatable bonds is 3. The molecule has 3 saturated carbocycles. The van der Waals surface area contributed by atoms with Crippen LogP contribution >= 0.6 is 0 Å². The van der Waals surface area contributed by atoms with E-state index in [4.69, 9.17) is 4.74 Å². The van der Waals surface area contributed by atoms with E-state index in [1.165, 1.54) is 5.56 Å². The Balaban J connectivity index is 1.74. The van der Waals surface area contributed by atoms with Crippen molar-refractivity contribution in [2.24, 2.45) is 5.41 Å². The van der Waals surface area contributed by atoms with Crippen molar-refractivity contribution in [3.63, 3.8) is 0 Å². The normalized spacial score (nSPS) is 32.2. The first kappa shape index (κ1) is 11.6. The molecule has 2 bridgehead atoms. The minimum absolute atomic E-state index is 0.0383. The molecule has 0 atom stereocenters. The van der Waals surface area contributed by atoms with E-state index in [1.807, 2.05) is 26.2 Å². The molecular formula is C15H19NO2. The van der Waals surface area contributed by atoms with Gasteiger partial charge in [-0.05, 0) is 42.4 Å². The quantitative estimate of drug-likeness (QED) is 0.817. The van der Waals surface area contributed by atoms with Crippen LogP contribution in [-0.2, 0) is 10.2 Å². The van der Waals surface area contributed by atoms with Crippen molar-refractivity contribution in [3.8, 4) is 5.75 Å². The Labute approximate surface area is 108 Å². The highest BCUT2D eigenvalue weighted by molar-refractivity contribution is 5.87. The predicted molar refractivity (Wildman–Crippen MR) is 69.7 cm³/mol. The lowest BCUT2D eigenvalue weighted by atomic mass is 9.33. The number of hydrogen-bond donors (Lipinski definition) is 0. The van der Waals surface area contributed by atoms with Gasteiger partial charge >= 0.3 is 0 Å². The number of benzene rings is 1. The third-order valence-corrected chi connectivity index (χ3v) is 4.59. The molecule has 18 heavy (non-hydrogen) atoms. The lowest BCUT2D eigenvalue weighted by Gasteiger charge is -2.70. The SMILES string of the molecule is COc1ccc(C23CC(C(=O)N(C)C)(C2)C3)cc1. The summed E-state index contributed by atoms with van der Waals surface area (Å²) in [5.74, 6) is 1.20. The van der Waals surface area contributed by atoms with E-state index < -0.39 is 0 Å². The number of carbonyl (C=O) groups excluding carboxylic acids is 1. The highest BCUT2D eigenvalue weighted by atomic mass is 16.5. The molecule has 3 nitrogen and oxygen atoms in total. The molecule has 1 amide bonds. The summed E-state index contributed by atoms with van der Waals surface area (Å²) >= 11 is 0. The Morgan fingerprint density at radius 2 is 1.72 bits per heavy atom. The summed E-state index contributed by atoms with van der Waals surface area (Å²) in [6.45, 7) is 0. The minimum atomic E-state index is -0.0383. The average Bonchev–Trinajstić information content (AvgIpc) is 2.26. The molecule has 1 aromatic rings. The third kappa shape index (κ3) is 1.33. The van der Waals surface area contributed by atoms with Crippen LogP contribution in [0.4, 0.5) is 0 Å². The molecule has 96 valence electrons. The standard InChI is InChI=1S/C15H19NO2/c1-16(2)13(17)15-8-14(9-15,10-15)11-4-6-12(18-3)7-5-11/h4-7H,8-10H2,1-3H3. The number of amides is 1. The van der Waals surface area contributed by atoms with E-state index in [1.54, 1.807) is 12.0 Å². The van der Waals surface area contributed by atoms with Gasteiger partial charge in [-0.3, -0.25) is 4.79 Å². The topological polar surface area (TPSA) is 29.5 Å². The zero-order valence-electron chi connectivity index (χ0n) is 11.2. The predicted octanol–water partition coefficient (Wildman–Crippen LogP) is 2.21.